The molecule has 19 heavy (non-hydrogen) atoms. The summed E-state index contributed by atoms with van der Waals surface area (Å²) < 4.78 is 0. The van der Waals surface area contributed by atoms with Crippen LogP contribution in [-0.4, -0.2) is 10.5 Å². The molecule has 0 saturated heterocycles. The van der Waals surface area contributed by atoms with Crippen LogP contribution >= 0.6 is 22.9 Å². The van der Waals surface area contributed by atoms with Crippen LogP contribution in [0.25, 0.3) is 0 Å². The summed E-state index contributed by atoms with van der Waals surface area (Å²) in [6.45, 7) is 5.00. The second kappa shape index (κ2) is 3.67. The van der Waals surface area contributed by atoms with E-state index in [1.54, 1.807) is 11.3 Å². The van der Waals surface area contributed by atoms with Gasteiger partial charge in [-0.25, -0.2) is 4.98 Å². The summed E-state index contributed by atoms with van der Waals surface area (Å²) in [7, 11) is 0. The number of aromatic nitrogens is 1. The van der Waals surface area contributed by atoms with Gasteiger partial charge in [-0.1, -0.05) is 25.4 Å². The molecule has 0 spiro atoms. The zero-order valence-corrected chi connectivity index (χ0v) is 13.2. The highest BCUT2D eigenvalue weighted by Crippen LogP contribution is 2.66. The molecule has 4 fully saturated rings. The Morgan fingerprint density at radius 2 is 1.89 bits per heavy atom. The van der Waals surface area contributed by atoms with Gasteiger partial charge in [0.25, 0.3) is 0 Å². The van der Waals surface area contributed by atoms with E-state index in [0.717, 1.165) is 11.0 Å². The summed E-state index contributed by atoms with van der Waals surface area (Å²) in [5, 5.41) is 7.34. The maximum Gasteiger partial charge on any atom is 0.184 e. The van der Waals surface area contributed by atoms with Gasteiger partial charge in [-0.05, 0) is 55.3 Å². The molecule has 5 rings (SSSR count). The Morgan fingerprint density at radius 1 is 1.21 bits per heavy atom. The zero-order chi connectivity index (χ0) is 13.3. The van der Waals surface area contributed by atoms with Crippen molar-refractivity contribution in [3.8, 4) is 0 Å². The van der Waals surface area contributed by atoms with E-state index in [4.69, 9.17) is 11.6 Å². The van der Waals surface area contributed by atoms with Crippen molar-refractivity contribution in [1.82, 2.24) is 4.98 Å². The number of hydrogen-bond acceptors (Lipinski definition) is 3. The molecule has 1 aromatic rings. The van der Waals surface area contributed by atoms with Gasteiger partial charge in [0.1, 0.15) is 5.15 Å². The van der Waals surface area contributed by atoms with Crippen molar-refractivity contribution in [2.24, 2.45) is 16.7 Å². The minimum absolute atomic E-state index is 0.282. The molecule has 1 heterocycles. The molecule has 0 aromatic carbocycles. The number of nitrogens with zero attached hydrogens (tertiary/aromatic N) is 1. The fourth-order valence-electron chi connectivity index (χ4n) is 6.13. The molecular weight excluding hydrogens is 276 g/mol. The van der Waals surface area contributed by atoms with E-state index in [0.29, 0.717) is 16.0 Å². The molecule has 0 aliphatic heterocycles. The monoisotopic (exact) mass is 296 g/mol. The van der Waals surface area contributed by atoms with Crippen molar-refractivity contribution in [3.63, 3.8) is 0 Å². The van der Waals surface area contributed by atoms with Crippen molar-refractivity contribution in [2.75, 3.05) is 5.32 Å². The third-order valence-electron chi connectivity index (χ3n) is 5.47. The van der Waals surface area contributed by atoms with Crippen LogP contribution < -0.4 is 5.32 Å². The highest BCUT2D eigenvalue weighted by Gasteiger charge is 2.60. The lowest BCUT2D eigenvalue weighted by molar-refractivity contribution is -0.0972. The van der Waals surface area contributed by atoms with Crippen LogP contribution in [-0.2, 0) is 0 Å². The summed E-state index contributed by atoms with van der Waals surface area (Å²) in [4.78, 5) is 4.41. The molecule has 0 radical (unpaired) electrons. The Hall–Kier alpha value is -0.280. The van der Waals surface area contributed by atoms with Crippen LogP contribution in [0.15, 0.2) is 5.38 Å². The lowest BCUT2D eigenvalue weighted by Crippen LogP contribution is -2.61. The molecule has 1 aromatic heterocycles. The molecule has 4 aliphatic carbocycles. The maximum atomic E-state index is 5.96. The van der Waals surface area contributed by atoms with Gasteiger partial charge in [0.05, 0.1) is 0 Å². The van der Waals surface area contributed by atoms with Gasteiger partial charge in [0.2, 0.25) is 0 Å². The molecule has 4 saturated carbocycles. The van der Waals surface area contributed by atoms with Crippen LogP contribution in [0.5, 0.6) is 0 Å². The smallest absolute Gasteiger partial charge is 0.184 e. The SMILES string of the molecule is CC12CC3CC(C)(C1)CC(Nc1nc(Cl)cs1)(C3)C2. The van der Waals surface area contributed by atoms with E-state index in [2.05, 4.69) is 24.1 Å². The van der Waals surface area contributed by atoms with Crippen molar-refractivity contribution in [2.45, 2.75) is 57.9 Å². The highest BCUT2D eigenvalue weighted by molar-refractivity contribution is 7.14. The summed E-state index contributed by atoms with van der Waals surface area (Å²) >= 11 is 7.60. The summed E-state index contributed by atoms with van der Waals surface area (Å²) in [5.74, 6) is 0.911. The average Bonchev–Trinajstić information content (AvgIpc) is 2.56. The van der Waals surface area contributed by atoms with Crippen molar-refractivity contribution in [1.29, 1.82) is 0 Å². The second-order valence-electron chi connectivity index (χ2n) is 8.01. The van der Waals surface area contributed by atoms with Crippen LogP contribution in [0, 0.1) is 16.7 Å². The molecule has 104 valence electrons. The Balaban J connectivity index is 1.67. The molecule has 0 amide bonds. The van der Waals surface area contributed by atoms with Crippen LogP contribution in [0.1, 0.15) is 52.4 Å². The van der Waals surface area contributed by atoms with E-state index >= 15 is 0 Å². The highest BCUT2D eigenvalue weighted by atomic mass is 35.5. The Labute approximate surface area is 124 Å². The lowest BCUT2D eigenvalue weighted by Gasteiger charge is -2.65. The summed E-state index contributed by atoms with van der Waals surface area (Å²) in [5.41, 5.74) is 1.37. The van der Waals surface area contributed by atoms with Gasteiger partial charge in [-0.2, -0.15) is 0 Å². The minimum atomic E-state index is 0.282. The van der Waals surface area contributed by atoms with Crippen LogP contribution in [0.2, 0.25) is 5.15 Å². The van der Waals surface area contributed by atoms with Gasteiger partial charge >= 0.3 is 0 Å². The van der Waals surface area contributed by atoms with Gasteiger partial charge in [-0.15, -0.1) is 11.3 Å². The first-order valence-electron chi connectivity index (χ1n) is 7.27. The first-order valence-corrected chi connectivity index (χ1v) is 8.53. The molecule has 2 nitrogen and oxygen atoms in total. The predicted molar refractivity (Wildman–Crippen MR) is 80.9 cm³/mol. The van der Waals surface area contributed by atoms with Gasteiger partial charge in [0.15, 0.2) is 5.13 Å². The summed E-state index contributed by atoms with van der Waals surface area (Å²) in [6, 6.07) is 0. The zero-order valence-electron chi connectivity index (χ0n) is 11.6. The molecule has 4 aliphatic rings. The lowest BCUT2D eigenvalue weighted by atomic mass is 9.43. The average molecular weight is 297 g/mol. The summed E-state index contributed by atoms with van der Waals surface area (Å²) in [6.07, 6.45) is 8.23. The van der Waals surface area contributed by atoms with E-state index in [-0.39, 0.29) is 5.54 Å². The minimum Gasteiger partial charge on any atom is -0.356 e. The van der Waals surface area contributed by atoms with E-state index in [1.165, 1.54) is 38.5 Å². The fraction of sp³-hybridized carbons (Fsp3) is 0.800. The third kappa shape index (κ3) is 2.01. The Kier molecular flexibility index (Phi) is 2.41. The molecule has 4 bridgehead atoms. The van der Waals surface area contributed by atoms with E-state index < -0.39 is 0 Å². The Morgan fingerprint density at radius 3 is 2.42 bits per heavy atom. The predicted octanol–water partition coefficient (Wildman–Crippen LogP) is 4.96. The van der Waals surface area contributed by atoms with Crippen LogP contribution in [0.3, 0.4) is 0 Å². The maximum absolute atomic E-state index is 5.96. The molecular formula is C15H21ClN2S. The number of hydrogen-bond donors (Lipinski definition) is 1. The Bertz CT molecular complexity index is 508. The van der Waals surface area contributed by atoms with Gasteiger partial charge in [-0.3, -0.25) is 0 Å². The third-order valence-corrected chi connectivity index (χ3v) is 6.56. The largest absolute Gasteiger partial charge is 0.356 e. The first-order chi connectivity index (χ1) is 8.88. The first kappa shape index (κ1) is 12.5. The van der Waals surface area contributed by atoms with E-state index in [1.807, 2.05) is 5.38 Å². The molecule has 1 N–H and O–H groups in total. The number of anilines is 1. The molecule has 2 atom stereocenters. The second-order valence-corrected chi connectivity index (χ2v) is 9.26. The van der Waals surface area contributed by atoms with Crippen molar-refractivity contribution >= 4 is 28.1 Å². The number of nitrogens with one attached hydrogen (secondary N) is 1. The van der Waals surface area contributed by atoms with Crippen molar-refractivity contribution < 1.29 is 0 Å². The molecule has 4 heteroatoms. The number of thiazole rings is 1. The van der Waals surface area contributed by atoms with Gasteiger partial charge in [0, 0.05) is 10.9 Å². The quantitative estimate of drug-likeness (QED) is 0.834. The number of rotatable bonds is 2. The standard InChI is InChI=1S/C15H21ClN2S/c1-13-3-10-4-14(2,7-13)9-15(5-10,8-13)18-12-17-11(16)6-19-12/h6,10H,3-5,7-9H2,1-2H3,(H,17,18). The van der Waals surface area contributed by atoms with Crippen molar-refractivity contribution in [3.05, 3.63) is 10.5 Å². The topological polar surface area (TPSA) is 24.9 Å². The number of halogens is 1. The molecule has 2 unspecified atom stereocenters. The van der Waals surface area contributed by atoms with Gasteiger partial charge < -0.3 is 5.32 Å². The van der Waals surface area contributed by atoms with E-state index in [9.17, 15) is 0 Å². The normalized spacial score (nSPS) is 47.6. The fourth-order valence-corrected chi connectivity index (χ4v) is 7.08. The van der Waals surface area contributed by atoms with Crippen LogP contribution in [0.4, 0.5) is 5.13 Å².